The molecule has 1 aromatic heterocycles. The summed E-state index contributed by atoms with van der Waals surface area (Å²) in [6, 6.07) is 8.02. The number of anilines is 1. The maximum atomic E-state index is 12.1. The van der Waals surface area contributed by atoms with E-state index in [9.17, 15) is 9.59 Å². The van der Waals surface area contributed by atoms with Crippen LogP contribution in [0.2, 0.25) is 0 Å². The number of likely N-dealkylation sites (tertiary alicyclic amines) is 1. The normalized spacial score (nSPS) is 14.8. The van der Waals surface area contributed by atoms with E-state index in [1.54, 1.807) is 4.90 Å². The van der Waals surface area contributed by atoms with Gasteiger partial charge >= 0.3 is 0 Å². The number of hydrogen-bond acceptors (Lipinski definition) is 4. The van der Waals surface area contributed by atoms with Gasteiger partial charge < -0.3 is 10.2 Å². The van der Waals surface area contributed by atoms with E-state index in [0.29, 0.717) is 18.1 Å². The molecule has 1 aliphatic heterocycles. The molecular formula is C17H19N3O2S. The number of amides is 2. The largest absolute Gasteiger partial charge is 0.333 e. The minimum atomic E-state index is -0.189. The fraction of sp³-hybridized carbons (Fsp3) is 0.353. The summed E-state index contributed by atoms with van der Waals surface area (Å²) in [5.41, 5.74) is 3.07. The molecule has 0 spiro atoms. The van der Waals surface area contributed by atoms with Gasteiger partial charge in [0, 0.05) is 23.9 Å². The van der Waals surface area contributed by atoms with E-state index in [4.69, 9.17) is 0 Å². The summed E-state index contributed by atoms with van der Waals surface area (Å²) in [7, 11) is 0. The number of aromatic nitrogens is 1. The molecule has 2 heterocycles. The van der Waals surface area contributed by atoms with Gasteiger partial charge in [-0.2, -0.15) is 0 Å². The lowest BCUT2D eigenvalue weighted by atomic mass is 10.1. The van der Waals surface area contributed by atoms with Crippen molar-refractivity contribution < 1.29 is 9.59 Å². The third-order valence-corrected chi connectivity index (χ3v) is 4.69. The second-order valence-electron chi connectivity index (χ2n) is 5.67. The Morgan fingerprint density at radius 2 is 2.17 bits per heavy atom. The number of nitrogens with zero attached hydrogens (tertiary/aromatic N) is 2. The zero-order valence-corrected chi connectivity index (χ0v) is 13.9. The van der Waals surface area contributed by atoms with Crippen LogP contribution >= 0.6 is 11.3 Å². The van der Waals surface area contributed by atoms with Gasteiger partial charge in [-0.25, -0.2) is 4.98 Å². The van der Waals surface area contributed by atoms with Crippen LogP contribution in [-0.2, 0) is 9.59 Å². The Bertz CT molecular complexity index is 726. The van der Waals surface area contributed by atoms with E-state index < -0.39 is 0 Å². The van der Waals surface area contributed by atoms with Gasteiger partial charge in [-0.3, -0.25) is 9.59 Å². The molecule has 0 unspecified atom stereocenters. The van der Waals surface area contributed by atoms with Crippen molar-refractivity contribution in [3.8, 4) is 11.3 Å². The number of benzene rings is 1. The molecular weight excluding hydrogens is 310 g/mol. The summed E-state index contributed by atoms with van der Waals surface area (Å²) in [6.45, 7) is 2.81. The predicted octanol–water partition coefficient (Wildman–Crippen LogP) is 3.07. The third kappa shape index (κ3) is 3.76. The van der Waals surface area contributed by atoms with Crippen LogP contribution in [0.3, 0.4) is 0 Å². The van der Waals surface area contributed by atoms with Crippen molar-refractivity contribution in [3.05, 3.63) is 35.2 Å². The minimum Gasteiger partial charge on any atom is -0.333 e. The summed E-state index contributed by atoms with van der Waals surface area (Å²) in [5, 5.41) is 5.30. The topological polar surface area (TPSA) is 62.3 Å². The number of aryl methyl sites for hydroxylation is 1. The zero-order valence-electron chi connectivity index (χ0n) is 13.0. The summed E-state index contributed by atoms with van der Waals surface area (Å²) in [4.78, 5) is 29.9. The van der Waals surface area contributed by atoms with Crippen molar-refractivity contribution in [2.45, 2.75) is 26.2 Å². The van der Waals surface area contributed by atoms with E-state index >= 15 is 0 Å². The Balaban J connectivity index is 1.64. The molecule has 3 rings (SSSR count). The second kappa shape index (κ2) is 6.91. The highest BCUT2D eigenvalue weighted by molar-refractivity contribution is 7.14. The van der Waals surface area contributed by atoms with Gasteiger partial charge in [0.1, 0.15) is 0 Å². The number of nitrogens with one attached hydrogen (secondary N) is 1. The Labute approximate surface area is 139 Å². The molecule has 2 aromatic rings. The number of piperidine rings is 1. The lowest BCUT2D eigenvalue weighted by Crippen LogP contribution is -2.40. The quantitative estimate of drug-likeness (QED) is 0.937. The molecule has 1 N–H and O–H groups in total. The molecule has 0 radical (unpaired) electrons. The van der Waals surface area contributed by atoms with Crippen LogP contribution in [0.4, 0.5) is 5.13 Å². The van der Waals surface area contributed by atoms with Crippen LogP contribution in [0, 0.1) is 6.92 Å². The van der Waals surface area contributed by atoms with Gasteiger partial charge in [0.15, 0.2) is 5.13 Å². The molecule has 6 heteroatoms. The third-order valence-electron chi connectivity index (χ3n) is 3.93. The molecule has 0 atom stereocenters. The molecule has 120 valence electrons. The van der Waals surface area contributed by atoms with Crippen LogP contribution in [0.15, 0.2) is 29.6 Å². The molecule has 23 heavy (non-hydrogen) atoms. The maximum absolute atomic E-state index is 12.1. The fourth-order valence-electron chi connectivity index (χ4n) is 2.68. The van der Waals surface area contributed by atoms with Crippen molar-refractivity contribution in [2.75, 3.05) is 18.4 Å². The molecule has 1 aliphatic rings. The number of carbonyl (C=O) groups is 2. The van der Waals surface area contributed by atoms with E-state index in [1.807, 2.05) is 36.6 Å². The number of thiazole rings is 1. The lowest BCUT2D eigenvalue weighted by Gasteiger charge is -2.25. The molecule has 0 saturated carbocycles. The summed E-state index contributed by atoms with van der Waals surface area (Å²) < 4.78 is 0. The Morgan fingerprint density at radius 3 is 2.96 bits per heavy atom. The monoisotopic (exact) mass is 329 g/mol. The van der Waals surface area contributed by atoms with Crippen LogP contribution in [-0.4, -0.2) is 34.8 Å². The van der Waals surface area contributed by atoms with E-state index in [0.717, 1.165) is 29.7 Å². The van der Waals surface area contributed by atoms with Crippen LogP contribution in [0.1, 0.15) is 24.8 Å². The Hall–Kier alpha value is -2.21. The highest BCUT2D eigenvalue weighted by atomic mass is 32.1. The number of rotatable bonds is 4. The first-order valence-corrected chi connectivity index (χ1v) is 8.60. The first-order valence-electron chi connectivity index (χ1n) is 7.72. The van der Waals surface area contributed by atoms with Gasteiger partial charge in [0.05, 0.1) is 12.2 Å². The number of hydrogen-bond donors (Lipinski definition) is 1. The lowest BCUT2D eigenvalue weighted by molar-refractivity contribution is -0.136. The second-order valence-corrected chi connectivity index (χ2v) is 6.53. The van der Waals surface area contributed by atoms with E-state index in [-0.39, 0.29) is 18.4 Å². The summed E-state index contributed by atoms with van der Waals surface area (Å²) in [6.07, 6.45) is 2.43. The van der Waals surface area contributed by atoms with Crippen molar-refractivity contribution in [1.82, 2.24) is 9.88 Å². The van der Waals surface area contributed by atoms with E-state index in [1.165, 1.54) is 11.3 Å². The van der Waals surface area contributed by atoms with E-state index in [2.05, 4.69) is 10.3 Å². The van der Waals surface area contributed by atoms with Crippen molar-refractivity contribution in [1.29, 1.82) is 0 Å². The highest BCUT2D eigenvalue weighted by Gasteiger charge is 2.20. The van der Waals surface area contributed by atoms with Gasteiger partial charge in [0.2, 0.25) is 11.8 Å². The SMILES string of the molecule is Cc1ccccc1-c1csc(NC(=O)CN2CCCCC2=O)n1. The van der Waals surface area contributed by atoms with Crippen molar-refractivity contribution in [2.24, 2.45) is 0 Å². The van der Waals surface area contributed by atoms with Gasteiger partial charge in [-0.05, 0) is 25.3 Å². The summed E-state index contributed by atoms with van der Waals surface area (Å²) >= 11 is 1.40. The Morgan fingerprint density at radius 1 is 1.35 bits per heavy atom. The average Bonchev–Trinajstić information content (AvgIpc) is 2.98. The molecule has 2 amide bonds. The first kappa shape index (κ1) is 15.7. The molecule has 1 fully saturated rings. The van der Waals surface area contributed by atoms with Crippen LogP contribution in [0.5, 0.6) is 0 Å². The average molecular weight is 329 g/mol. The highest BCUT2D eigenvalue weighted by Crippen LogP contribution is 2.27. The standard InChI is InChI=1S/C17H19N3O2S/c1-12-6-2-3-7-13(12)14-11-23-17(18-14)19-15(21)10-20-9-5-4-8-16(20)22/h2-3,6-7,11H,4-5,8-10H2,1H3,(H,18,19,21). The van der Waals surface area contributed by atoms with Crippen LogP contribution in [0.25, 0.3) is 11.3 Å². The molecule has 0 aliphatic carbocycles. The maximum Gasteiger partial charge on any atom is 0.245 e. The van der Waals surface area contributed by atoms with Gasteiger partial charge in [-0.15, -0.1) is 11.3 Å². The first-order chi connectivity index (χ1) is 11.1. The smallest absolute Gasteiger partial charge is 0.245 e. The van der Waals surface area contributed by atoms with Gasteiger partial charge in [0.25, 0.3) is 0 Å². The fourth-order valence-corrected chi connectivity index (χ4v) is 3.40. The van der Waals surface area contributed by atoms with Gasteiger partial charge in [-0.1, -0.05) is 24.3 Å². The molecule has 1 aromatic carbocycles. The molecule has 5 nitrogen and oxygen atoms in total. The minimum absolute atomic E-state index is 0.0612. The number of carbonyl (C=O) groups excluding carboxylic acids is 2. The molecule has 1 saturated heterocycles. The Kier molecular flexibility index (Phi) is 4.71. The zero-order chi connectivity index (χ0) is 16.2. The van der Waals surface area contributed by atoms with Crippen molar-refractivity contribution in [3.63, 3.8) is 0 Å². The predicted molar refractivity (Wildman–Crippen MR) is 91.3 cm³/mol. The summed E-state index contributed by atoms with van der Waals surface area (Å²) in [5.74, 6) is -0.128. The van der Waals surface area contributed by atoms with Crippen molar-refractivity contribution >= 4 is 28.3 Å². The molecule has 0 bridgehead atoms. The van der Waals surface area contributed by atoms with Crippen LogP contribution < -0.4 is 5.32 Å².